The lowest BCUT2D eigenvalue weighted by atomic mass is 9.82. The Hall–Kier alpha value is -3.68. The molecule has 0 radical (unpaired) electrons. The van der Waals surface area contributed by atoms with Crippen LogP contribution in [0.5, 0.6) is 5.75 Å². The van der Waals surface area contributed by atoms with E-state index in [1.807, 2.05) is 30.3 Å². The Morgan fingerprint density at radius 1 is 1.00 bits per heavy atom. The van der Waals surface area contributed by atoms with Crippen LogP contribution in [0.3, 0.4) is 0 Å². The molecule has 8 heteroatoms. The van der Waals surface area contributed by atoms with Gasteiger partial charge in [0.05, 0.1) is 24.6 Å². The Morgan fingerprint density at radius 2 is 1.80 bits per heavy atom. The maximum absolute atomic E-state index is 13.5. The Bertz CT molecular complexity index is 1220. The number of hydrogen-bond acceptors (Lipinski definition) is 4. The summed E-state index contributed by atoms with van der Waals surface area (Å²) in [6.45, 7) is 1.92. The van der Waals surface area contributed by atoms with E-state index in [1.54, 1.807) is 37.4 Å². The molecule has 1 fully saturated rings. The second kappa shape index (κ2) is 9.17. The largest absolute Gasteiger partial charge is 0.497 e. The topological polar surface area (TPSA) is 44.8 Å². The number of hydrogen-bond donors (Lipinski definition) is 1. The van der Waals surface area contributed by atoms with E-state index in [4.69, 9.17) is 4.74 Å². The first-order chi connectivity index (χ1) is 16.8. The number of nitrogens with one attached hydrogen (secondary N) is 1. The molecule has 2 heterocycles. The molecule has 1 saturated heterocycles. The molecule has 5 nitrogen and oxygen atoms in total. The summed E-state index contributed by atoms with van der Waals surface area (Å²) < 4.78 is 45.5. The van der Waals surface area contributed by atoms with E-state index in [1.165, 1.54) is 6.07 Å². The lowest BCUT2D eigenvalue weighted by Crippen LogP contribution is -2.60. The van der Waals surface area contributed by atoms with Gasteiger partial charge in [-0.25, -0.2) is 0 Å². The number of rotatable bonds is 4. The van der Waals surface area contributed by atoms with Crippen molar-refractivity contribution in [3.8, 4) is 5.75 Å². The van der Waals surface area contributed by atoms with Gasteiger partial charge in [0.15, 0.2) is 0 Å². The SMILES string of the molecule is COc1cccc(NC(=O)C2Cc3cc(C(F)(F)F)ccc3N3CCN(c4ccccc4)CC23)c1. The maximum atomic E-state index is 13.5. The fraction of sp³-hybridized carbons (Fsp3) is 0.296. The van der Waals surface area contributed by atoms with Gasteiger partial charge in [0, 0.05) is 42.8 Å². The lowest BCUT2D eigenvalue weighted by molar-refractivity contribution is -0.137. The highest BCUT2D eigenvalue weighted by Crippen LogP contribution is 2.40. The molecule has 1 amide bonds. The average Bonchev–Trinajstić information content (AvgIpc) is 2.87. The van der Waals surface area contributed by atoms with Crippen LogP contribution in [-0.4, -0.2) is 38.7 Å². The van der Waals surface area contributed by atoms with Gasteiger partial charge < -0.3 is 19.9 Å². The fourth-order valence-corrected chi connectivity index (χ4v) is 5.11. The van der Waals surface area contributed by atoms with Gasteiger partial charge in [-0.15, -0.1) is 0 Å². The Labute approximate surface area is 202 Å². The van der Waals surface area contributed by atoms with Gasteiger partial charge in [-0.05, 0) is 54.4 Å². The number of amides is 1. The number of carbonyl (C=O) groups is 1. The molecular weight excluding hydrogens is 455 g/mol. The summed E-state index contributed by atoms with van der Waals surface area (Å²) in [6, 6.07) is 20.7. The molecular formula is C27H26F3N3O2. The van der Waals surface area contributed by atoms with E-state index in [9.17, 15) is 18.0 Å². The number of anilines is 3. The van der Waals surface area contributed by atoms with Gasteiger partial charge in [0.1, 0.15) is 5.75 Å². The predicted molar refractivity (Wildman–Crippen MR) is 130 cm³/mol. The Balaban J connectivity index is 1.48. The minimum absolute atomic E-state index is 0.182. The van der Waals surface area contributed by atoms with Crippen LogP contribution < -0.4 is 19.9 Å². The van der Waals surface area contributed by atoms with Crippen LogP contribution >= 0.6 is 0 Å². The van der Waals surface area contributed by atoms with Crippen LogP contribution in [0.4, 0.5) is 30.2 Å². The molecule has 2 atom stereocenters. The Kier molecular flexibility index (Phi) is 6.05. The molecule has 0 bridgehead atoms. The number of alkyl halides is 3. The molecule has 3 aromatic rings. The molecule has 0 aromatic heterocycles. The highest BCUT2D eigenvalue weighted by molar-refractivity contribution is 5.94. The van der Waals surface area contributed by atoms with Crippen LogP contribution in [0.25, 0.3) is 0 Å². The summed E-state index contributed by atoms with van der Waals surface area (Å²) in [5.41, 5.74) is 2.30. The number of fused-ring (bicyclic) bond motifs is 3. The number of nitrogens with zero attached hydrogens (tertiary/aromatic N) is 2. The first-order valence-electron chi connectivity index (χ1n) is 11.5. The smallest absolute Gasteiger partial charge is 0.416 e. The van der Waals surface area contributed by atoms with E-state index in [0.717, 1.165) is 17.4 Å². The molecule has 35 heavy (non-hydrogen) atoms. The van der Waals surface area contributed by atoms with E-state index >= 15 is 0 Å². The highest BCUT2D eigenvalue weighted by Gasteiger charge is 2.42. The predicted octanol–water partition coefficient (Wildman–Crippen LogP) is 5.22. The zero-order valence-electron chi connectivity index (χ0n) is 19.3. The van der Waals surface area contributed by atoms with Crippen molar-refractivity contribution in [3.63, 3.8) is 0 Å². The molecule has 182 valence electrons. The second-order valence-electron chi connectivity index (χ2n) is 8.92. The number of benzene rings is 3. The minimum atomic E-state index is -4.43. The van der Waals surface area contributed by atoms with E-state index in [0.29, 0.717) is 36.6 Å². The van der Waals surface area contributed by atoms with Gasteiger partial charge in [0.2, 0.25) is 5.91 Å². The van der Waals surface area contributed by atoms with E-state index < -0.39 is 17.7 Å². The monoisotopic (exact) mass is 481 g/mol. The summed E-state index contributed by atoms with van der Waals surface area (Å²) in [6.07, 6.45) is -4.20. The molecule has 3 aromatic carbocycles. The third-order valence-corrected chi connectivity index (χ3v) is 6.83. The first-order valence-corrected chi connectivity index (χ1v) is 11.5. The third-order valence-electron chi connectivity index (χ3n) is 6.83. The maximum Gasteiger partial charge on any atom is 0.416 e. The van der Waals surface area contributed by atoms with Crippen LogP contribution in [0.2, 0.25) is 0 Å². The van der Waals surface area contributed by atoms with Crippen molar-refractivity contribution in [2.45, 2.75) is 18.6 Å². The summed E-state index contributed by atoms with van der Waals surface area (Å²) in [5.74, 6) is -0.129. The van der Waals surface area contributed by atoms with Gasteiger partial charge in [-0.1, -0.05) is 24.3 Å². The average molecular weight is 482 g/mol. The van der Waals surface area contributed by atoms with Gasteiger partial charge in [-0.3, -0.25) is 4.79 Å². The minimum Gasteiger partial charge on any atom is -0.497 e. The molecule has 0 aliphatic carbocycles. The molecule has 5 rings (SSSR count). The number of para-hydroxylation sites is 1. The van der Waals surface area contributed by atoms with Gasteiger partial charge >= 0.3 is 6.18 Å². The van der Waals surface area contributed by atoms with Crippen LogP contribution in [0, 0.1) is 5.92 Å². The third kappa shape index (κ3) is 4.65. The van der Waals surface area contributed by atoms with Crippen molar-refractivity contribution in [3.05, 3.63) is 83.9 Å². The number of carbonyl (C=O) groups excluding carboxylic acids is 1. The van der Waals surface area contributed by atoms with Crippen LogP contribution in [0.1, 0.15) is 11.1 Å². The molecule has 0 saturated carbocycles. The van der Waals surface area contributed by atoms with Gasteiger partial charge in [-0.2, -0.15) is 13.2 Å². The first kappa shape index (κ1) is 23.1. The van der Waals surface area contributed by atoms with Crippen molar-refractivity contribution in [2.24, 2.45) is 5.92 Å². The summed E-state index contributed by atoms with van der Waals surface area (Å²) >= 11 is 0. The quantitative estimate of drug-likeness (QED) is 0.555. The molecule has 2 aliphatic heterocycles. The normalized spacial score (nSPS) is 19.5. The van der Waals surface area contributed by atoms with E-state index in [2.05, 4.69) is 15.1 Å². The summed E-state index contributed by atoms with van der Waals surface area (Å²) in [5, 5.41) is 2.96. The number of piperazine rings is 1. The van der Waals surface area contributed by atoms with Crippen molar-refractivity contribution < 1.29 is 22.7 Å². The van der Waals surface area contributed by atoms with Crippen molar-refractivity contribution in [2.75, 3.05) is 41.9 Å². The van der Waals surface area contributed by atoms with Crippen molar-refractivity contribution in [1.82, 2.24) is 0 Å². The second-order valence-corrected chi connectivity index (χ2v) is 8.92. The fourth-order valence-electron chi connectivity index (χ4n) is 5.11. The molecule has 2 unspecified atom stereocenters. The number of methoxy groups -OCH3 is 1. The zero-order chi connectivity index (χ0) is 24.6. The molecule has 0 spiro atoms. The lowest BCUT2D eigenvalue weighted by Gasteiger charge is -2.49. The number of halogens is 3. The Morgan fingerprint density at radius 3 is 2.54 bits per heavy atom. The molecule has 1 N–H and O–H groups in total. The van der Waals surface area contributed by atoms with Crippen molar-refractivity contribution >= 4 is 23.0 Å². The molecule has 2 aliphatic rings. The standard InChI is InChI=1S/C27H26F3N3O2/c1-35-22-9-5-6-20(16-22)31-26(34)23-15-18-14-19(27(28,29)30)10-11-24(18)33-13-12-32(17-25(23)33)21-7-3-2-4-8-21/h2-11,14,16,23,25H,12-13,15,17H2,1H3,(H,31,34). The van der Waals surface area contributed by atoms with Crippen molar-refractivity contribution in [1.29, 1.82) is 0 Å². The van der Waals surface area contributed by atoms with Crippen LogP contribution in [-0.2, 0) is 17.4 Å². The van der Waals surface area contributed by atoms with Gasteiger partial charge in [0.25, 0.3) is 0 Å². The summed E-state index contributed by atoms with van der Waals surface area (Å²) in [7, 11) is 1.55. The number of ether oxygens (including phenoxy) is 1. The van der Waals surface area contributed by atoms with E-state index in [-0.39, 0.29) is 18.4 Å². The van der Waals surface area contributed by atoms with Crippen LogP contribution in [0.15, 0.2) is 72.8 Å². The summed E-state index contributed by atoms with van der Waals surface area (Å²) in [4.78, 5) is 17.9. The highest BCUT2D eigenvalue weighted by atomic mass is 19.4. The zero-order valence-corrected chi connectivity index (χ0v) is 19.3.